The van der Waals surface area contributed by atoms with Crippen molar-refractivity contribution in [2.45, 2.75) is 13.5 Å². The van der Waals surface area contributed by atoms with Crippen molar-refractivity contribution in [1.29, 1.82) is 0 Å². The Bertz CT molecular complexity index is 501. The monoisotopic (exact) mass is 239 g/mol. The van der Waals surface area contributed by atoms with E-state index in [1.165, 1.54) is 17.4 Å². The first-order valence-corrected chi connectivity index (χ1v) is 5.47. The third-order valence-corrected chi connectivity index (χ3v) is 2.67. The van der Waals surface area contributed by atoms with E-state index in [0.717, 1.165) is 5.01 Å². The predicted molar refractivity (Wildman–Crippen MR) is 59.0 cm³/mol. The molecule has 1 heterocycles. The zero-order chi connectivity index (χ0) is 11.5. The normalized spacial score (nSPS) is 10.4. The van der Waals surface area contributed by atoms with Crippen molar-refractivity contribution in [2.75, 3.05) is 0 Å². The Labute approximate surface area is 95.9 Å². The Morgan fingerprint density at radius 3 is 2.81 bits per heavy atom. The number of rotatable bonds is 3. The highest BCUT2D eigenvalue weighted by atomic mass is 32.1. The van der Waals surface area contributed by atoms with E-state index in [0.29, 0.717) is 16.5 Å². The van der Waals surface area contributed by atoms with Crippen molar-refractivity contribution in [3.63, 3.8) is 0 Å². The number of aryl methyl sites for hydroxylation is 1. The molecule has 1 aromatic carbocycles. The molecule has 0 spiro atoms. The van der Waals surface area contributed by atoms with E-state index >= 15 is 0 Å². The maximum Gasteiger partial charge on any atom is 0.299 e. The van der Waals surface area contributed by atoms with Crippen molar-refractivity contribution in [1.82, 2.24) is 10.2 Å². The molecule has 2 aromatic rings. The highest BCUT2D eigenvalue weighted by molar-refractivity contribution is 7.13. The molecule has 16 heavy (non-hydrogen) atoms. The van der Waals surface area contributed by atoms with Crippen LogP contribution in [-0.2, 0) is 6.54 Å². The number of ether oxygens (including phenoxy) is 1. The summed E-state index contributed by atoms with van der Waals surface area (Å²) < 4.78 is 18.7. The van der Waals surface area contributed by atoms with Crippen LogP contribution in [0.4, 0.5) is 4.39 Å². The van der Waals surface area contributed by atoms with Gasteiger partial charge in [0, 0.05) is 18.2 Å². The first-order chi connectivity index (χ1) is 7.69. The number of hydrogen-bond acceptors (Lipinski definition) is 5. The van der Waals surface area contributed by atoms with E-state index in [9.17, 15) is 4.39 Å². The maximum atomic E-state index is 13.4. The molecule has 84 valence electrons. The molecule has 2 N–H and O–H groups in total. The molecule has 0 aliphatic rings. The highest BCUT2D eigenvalue weighted by Gasteiger charge is 2.06. The Kier molecular flexibility index (Phi) is 3.12. The number of benzene rings is 1. The van der Waals surface area contributed by atoms with Crippen LogP contribution >= 0.6 is 11.3 Å². The predicted octanol–water partition coefficient (Wildman–Crippen LogP) is 2.24. The Morgan fingerprint density at radius 2 is 2.25 bits per heavy atom. The smallest absolute Gasteiger partial charge is 0.299 e. The maximum absolute atomic E-state index is 13.4. The SMILES string of the molecule is Cc1nnc(Oc2ccc(CN)c(F)c2)s1. The standard InChI is InChI=1S/C10H10FN3OS/c1-6-13-14-10(16-6)15-8-3-2-7(5-12)9(11)4-8/h2-4H,5,12H2,1H3. The molecule has 0 atom stereocenters. The van der Waals surface area contributed by atoms with Crippen LogP contribution in [0.3, 0.4) is 0 Å². The van der Waals surface area contributed by atoms with Crippen LogP contribution in [-0.4, -0.2) is 10.2 Å². The molecule has 0 aliphatic carbocycles. The van der Waals surface area contributed by atoms with Crippen LogP contribution in [0.5, 0.6) is 10.9 Å². The summed E-state index contributed by atoms with van der Waals surface area (Å²) in [5.74, 6) is 0.0205. The van der Waals surface area contributed by atoms with Crippen molar-refractivity contribution < 1.29 is 9.13 Å². The van der Waals surface area contributed by atoms with Crippen LogP contribution in [0.25, 0.3) is 0 Å². The third-order valence-electron chi connectivity index (χ3n) is 1.96. The summed E-state index contributed by atoms with van der Waals surface area (Å²) in [7, 11) is 0. The molecule has 0 unspecified atom stereocenters. The van der Waals surface area contributed by atoms with Crippen LogP contribution < -0.4 is 10.5 Å². The molecule has 0 fully saturated rings. The molecule has 6 heteroatoms. The lowest BCUT2D eigenvalue weighted by Crippen LogP contribution is -1.99. The Morgan fingerprint density at radius 1 is 1.44 bits per heavy atom. The second-order valence-electron chi connectivity index (χ2n) is 3.15. The second-order valence-corrected chi connectivity index (χ2v) is 4.29. The van der Waals surface area contributed by atoms with Crippen molar-refractivity contribution in [2.24, 2.45) is 5.73 Å². The molecule has 1 aromatic heterocycles. The van der Waals surface area contributed by atoms with Crippen molar-refractivity contribution in [3.05, 3.63) is 34.6 Å². The minimum atomic E-state index is -0.374. The minimum Gasteiger partial charge on any atom is -0.430 e. The van der Waals surface area contributed by atoms with Gasteiger partial charge in [-0.15, -0.1) is 5.10 Å². The van der Waals surface area contributed by atoms with Gasteiger partial charge in [-0.25, -0.2) is 4.39 Å². The number of hydrogen-bond donors (Lipinski definition) is 1. The van der Waals surface area contributed by atoms with Gasteiger partial charge in [0.1, 0.15) is 16.6 Å². The largest absolute Gasteiger partial charge is 0.430 e. The molecular weight excluding hydrogens is 229 g/mol. The molecule has 0 amide bonds. The summed E-state index contributed by atoms with van der Waals surface area (Å²) in [5, 5.41) is 8.78. The van der Waals surface area contributed by atoms with E-state index in [1.807, 2.05) is 6.92 Å². The van der Waals surface area contributed by atoms with E-state index in [4.69, 9.17) is 10.5 Å². The summed E-state index contributed by atoms with van der Waals surface area (Å²) in [6, 6.07) is 4.54. The minimum absolute atomic E-state index is 0.171. The zero-order valence-corrected chi connectivity index (χ0v) is 9.42. The summed E-state index contributed by atoms with van der Waals surface area (Å²) in [4.78, 5) is 0. The van der Waals surface area contributed by atoms with Gasteiger partial charge >= 0.3 is 0 Å². The lowest BCUT2D eigenvalue weighted by Gasteiger charge is -2.03. The summed E-state index contributed by atoms with van der Waals surface area (Å²) in [5.41, 5.74) is 5.81. The molecule has 0 bridgehead atoms. The number of nitrogens with zero attached hydrogens (tertiary/aromatic N) is 2. The second kappa shape index (κ2) is 4.54. The molecule has 4 nitrogen and oxygen atoms in total. The quantitative estimate of drug-likeness (QED) is 0.892. The van der Waals surface area contributed by atoms with Crippen LogP contribution in [0.15, 0.2) is 18.2 Å². The molecular formula is C10H10FN3OS. The van der Waals surface area contributed by atoms with Crippen LogP contribution in [0, 0.1) is 12.7 Å². The van der Waals surface area contributed by atoms with Gasteiger partial charge in [0.15, 0.2) is 0 Å². The first kappa shape index (κ1) is 11.0. The fourth-order valence-electron chi connectivity index (χ4n) is 1.18. The molecule has 0 saturated heterocycles. The fourth-order valence-corrected chi connectivity index (χ4v) is 1.73. The van der Waals surface area contributed by atoms with Gasteiger partial charge in [0.25, 0.3) is 5.19 Å². The zero-order valence-electron chi connectivity index (χ0n) is 8.61. The third kappa shape index (κ3) is 2.34. The average molecular weight is 239 g/mol. The van der Waals surface area contributed by atoms with Crippen molar-refractivity contribution in [3.8, 4) is 10.9 Å². The molecule has 2 rings (SSSR count). The highest BCUT2D eigenvalue weighted by Crippen LogP contribution is 2.25. The van der Waals surface area contributed by atoms with Crippen LogP contribution in [0.1, 0.15) is 10.6 Å². The summed E-state index contributed by atoms with van der Waals surface area (Å²) >= 11 is 1.31. The van der Waals surface area contributed by atoms with Gasteiger partial charge in [-0.1, -0.05) is 22.5 Å². The molecule has 0 saturated carbocycles. The van der Waals surface area contributed by atoms with Gasteiger partial charge in [0.2, 0.25) is 0 Å². The van der Waals surface area contributed by atoms with Gasteiger partial charge in [-0.2, -0.15) is 0 Å². The fraction of sp³-hybridized carbons (Fsp3) is 0.200. The van der Waals surface area contributed by atoms with Gasteiger partial charge < -0.3 is 10.5 Å². The Hall–Kier alpha value is -1.53. The average Bonchev–Trinajstić information content (AvgIpc) is 2.64. The van der Waals surface area contributed by atoms with E-state index in [1.54, 1.807) is 12.1 Å². The van der Waals surface area contributed by atoms with Gasteiger partial charge in [-0.05, 0) is 13.0 Å². The lowest BCUT2D eigenvalue weighted by molar-refractivity contribution is 0.467. The van der Waals surface area contributed by atoms with E-state index < -0.39 is 0 Å². The topological polar surface area (TPSA) is 61.0 Å². The Balaban J connectivity index is 2.19. The summed E-state index contributed by atoms with van der Waals surface area (Å²) in [6.07, 6.45) is 0. The van der Waals surface area contributed by atoms with Crippen molar-refractivity contribution >= 4 is 11.3 Å². The molecule has 0 radical (unpaired) electrons. The number of halogens is 1. The molecule has 0 aliphatic heterocycles. The number of nitrogens with two attached hydrogens (primary N) is 1. The number of aromatic nitrogens is 2. The van der Waals surface area contributed by atoms with Crippen LogP contribution in [0.2, 0.25) is 0 Å². The van der Waals surface area contributed by atoms with Gasteiger partial charge in [0.05, 0.1) is 0 Å². The summed E-state index contributed by atoms with van der Waals surface area (Å²) in [6.45, 7) is 1.99. The lowest BCUT2D eigenvalue weighted by atomic mass is 10.2. The van der Waals surface area contributed by atoms with Gasteiger partial charge in [-0.3, -0.25) is 0 Å². The van der Waals surface area contributed by atoms with E-state index in [-0.39, 0.29) is 12.4 Å². The van der Waals surface area contributed by atoms with E-state index in [2.05, 4.69) is 10.2 Å². The first-order valence-electron chi connectivity index (χ1n) is 4.65.